The molecule has 1 saturated heterocycles. The quantitative estimate of drug-likeness (QED) is 0.591. The molecular weight excluding hydrogens is 156 g/mol. The molecule has 0 saturated carbocycles. The zero-order valence-corrected chi connectivity index (χ0v) is 7.58. The van der Waals surface area contributed by atoms with Crippen LogP contribution in [0.15, 0.2) is 0 Å². The number of primary amides is 1. The van der Waals surface area contributed by atoms with Crippen LogP contribution in [0.1, 0.15) is 20.3 Å². The van der Waals surface area contributed by atoms with Gasteiger partial charge in [0, 0.05) is 6.54 Å². The van der Waals surface area contributed by atoms with Gasteiger partial charge in [-0.25, -0.2) is 4.79 Å². The van der Waals surface area contributed by atoms with Crippen LogP contribution < -0.4 is 5.73 Å². The minimum atomic E-state index is -0.727. The number of hydrogen-bond donors (Lipinski definition) is 2. The van der Waals surface area contributed by atoms with E-state index < -0.39 is 11.6 Å². The van der Waals surface area contributed by atoms with Crippen molar-refractivity contribution in [1.29, 1.82) is 0 Å². The number of amides is 2. The lowest BCUT2D eigenvalue weighted by atomic mass is 9.90. The van der Waals surface area contributed by atoms with Crippen molar-refractivity contribution in [2.75, 3.05) is 13.1 Å². The van der Waals surface area contributed by atoms with Gasteiger partial charge in [0.15, 0.2) is 0 Å². The van der Waals surface area contributed by atoms with Crippen LogP contribution in [0.5, 0.6) is 0 Å². The van der Waals surface area contributed by atoms with Crippen LogP contribution in [-0.2, 0) is 0 Å². The second-order valence-corrected chi connectivity index (χ2v) is 3.77. The lowest BCUT2D eigenvalue weighted by Gasteiger charge is -2.26. The standard InChI is InChI=1S/C8H16N2O2/c1-6(2)8(12)3-4-10(5-8)7(9)11/h6,12H,3-5H2,1-2H3,(H2,9,11). The summed E-state index contributed by atoms with van der Waals surface area (Å²) in [7, 11) is 0. The van der Waals surface area contributed by atoms with Crippen molar-refractivity contribution >= 4 is 6.03 Å². The third kappa shape index (κ3) is 1.53. The second kappa shape index (κ2) is 2.94. The maximum absolute atomic E-state index is 10.7. The van der Waals surface area contributed by atoms with E-state index in [0.29, 0.717) is 19.5 Å². The van der Waals surface area contributed by atoms with Gasteiger partial charge in [0.05, 0.1) is 12.1 Å². The SMILES string of the molecule is CC(C)C1(O)CCN(C(N)=O)C1. The van der Waals surface area contributed by atoms with Gasteiger partial charge >= 0.3 is 6.03 Å². The highest BCUT2D eigenvalue weighted by molar-refractivity contribution is 5.72. The lowest BCUT2D eigenvalue weighted by molar-refractivity contribution is 0.00802. The minimum Gasteiger partial charge on any atom is -0.388 e. The third-order valence-electron chi connectivity index (χ3n) is 2.67. The first kappa shape index (κ1) is 9.32. The van der Waals surface area contributed by atoms with E-state index in [4.69, 9.17) is 5.73 Å². The van der Waals surface area contributed by atoms with Gasteiger partial charge in [-0.15, -0.1) is 0 Å². The molecule has 1 fully saturated rings. The molecule has 1 aliphatic rings. The molecule has 2 amide bonds. The summed E-state index contributed by atoms with van der Waals surface area (Å²) in [6, 6.07) is -0.438. The Morgan fingerprint density at radius 2 is 2.25 bits per heavy atom. The van der Waals surface area contributed by atoms with Crippen LogP contribution in [-0.4, -0.2) is 34.7 Å². The molecule has 0 spiro atoms. The maximum atomic E-state index is 10.7. The zero-order valence-electron chi connectivity index (χ0n) is 7.58. The molecule has 1 atom stereocenters. The average Bonchev–Trinajstić information content (AvgIpc) is 2.33. The topological polar surface area (TPSA) is 66.6 Å². The van der Waals surface area contributed by atoms with E-state index in [-0.39, 0.29) is 5.92 Å². The van der Waals surface area contributed by atoms with Crippen molar-refractivity contribution in [3.63, 3.8) is 0 Å². The Kier molecular flexibility index (Phi) is 2.28. The van der Waals surface area contributed by atoms with E-state index >= 15 is 0 Å². The molecule has 12 heavy (non-hydrogen) atoms. The number of rotatable bonds is 1. The first-order valence-corrected chi connectivity index (χ1v) is 4.22. The van der Waals surface area contributed by atoms with Gasteiger partial charge in [-0.3, -0.25) is 0 Å². The fraction of sp³-hybridized carbons (Fsp3) is 0.875. The van der Waals surface area contributed by atoms with Crippen LogP contribution >= 0.6 is 0 Å². The van der Waals surface area contributed by atoms with Crippen molar-refractivity contribution in [1.82, 2.24) is 4.90 Å². The smallest absolute Gasteiger partial charge is 0.314 e. The maximum Gasteiger partial charge on any atom is 0.314 e. The number of urea groups is 1. The molecule has 3 N–H and O–H groups in total. The van der Waals surface area contributed by atoms with Gasteiger partial charge in [-0.2, -0.15) is 0 Å². The van der Waals surface area contributed by atoms with Crippen molar-refractivity contribution in [2.24, 2.45) is 11.7 Å². The molecule has 70 valence electrons. The predicted molar refractivity (Wildman–Crippen MR) is 45.6 cm³/mol. The highest BCUT2D eigenvalue weighted by Gasteiger charge is 2.39. The zero-order chi connectivity index (χ0) is 9.35. The number of nitrogens with zero attached hydrogens (tertiary/aromatic N) is 1. The largest absolute Gasteiger partial charge is 0.388 e. The van der Waals surface area contributed by atoms with Gasteiger partial charge in [0.1, 0.15) is 0 Å². The Balaban J connectivity index is 2.60. The summed E-state index contributed by atoms with van der Waals surface area (Å²) in [5.41, 5.74) is 4.37. The Bertz CT molecular complexity index is 193. The fourth-order valence-corrected chi connectivity index (χ4v) is 1.48. The minimum absolute atomic E-state index is 0.168. The summed E-state index contributed by atoms with van der Waals surface area (Å²) in [6.45, 7) is 4.85. The van der Waals surface area contributed by atoms with Crippen LogP contribution in [0.4, 0.5) is 4.79 Å². The fourth-order valence-electron chi connectivity index (χ4n) is 1.48. The van der Waals surface area contributed by atoms with Gasteiger partial charge in [-0.1, -0.05) is 13.8 Å². The highest BCUT2D eigenvalue weighted by Crippen LogP contribution is 2.28. The predicted octanol–water partition coefficient (Wildman–Crippen LogP) is 0.158. The number of carbonyl (C=O) groups excluding carboxylic acids is 1. The summed E-state index contributed by atoms with van der Waals surface area (Å²) in [4.78, 5) is 12.2. The molecule has 4 nitrogen and oxygen atoms in total. The molecule has 1 heterocycles. The summed E-state index contributed by atoms with van der Waals surface area (Å²) < 4.78 is 0. The molecule has 1 rings (SSSR count). The molecule has 0 aromatic heterocycles. The molecule has 0 aliphatic carbocycles. The number of likely N-dealkylation sites (tertiary alicyclic amines) is 1. The van der Waals surface area contributed by atoms with Crippen LogP contribution in [0, 0.1) is 5.92 Å². The molecule has 0 aromatic rings. The number of hydrogen-bond acceptors (Lipinski definition) is 2. The number of aliphatic hydroxyl groups is 1. The van der Waals surface area contributed by atoms with E-state index in [1.165, 1.54) is 4.90 Å². The lowest BCUT2D eigenvalue weighted by Crippen LogP contribution is -2.41. The summed E-state index contributed by atoms with van der Waals surface area (Å²) in [5, 5.41) is 9.94. The van der Waals surface area contributed by atoms with Gasteiger partial charge in [0.2, 0.25) is 0 Å². The summed E-state index contributed by atoms with van der Waals surface area (Å²) in [5.74, 6) is 0.168. The second-order valence-electron chi connectivity index (χ2n) is 3.77. The van der Waals surface area contributed by atoms with Crippen LogP contribution in [0.25, 0.3) is 0 Å². The molecule has 4 heteroatoms. The van der Waals surface area contributed by atoms with E-state index in [0.717, 1.165) is 0 Å². The first-order chi connectivity index (χ1) is 5.46. The Morgan fingerprint density at radius 3 is 2.50 bits per heavy atom. The summed E-state index contributed by atoms with van der Waals surface area (Å²) in [6.07, 6.45) is 0.633. The highest BCUT2D eigenvalue weighted by atomic mass is 16.3. The molecule has 0 radical (unpaired) electrons. The van der Waals surface area contributed by atoms with E-state index in [1.54, 1.807) is 0 Å². The van der Waals surface area contributed by atoms with Crippen molar-refractivity contribution in [3.8, 4) is 0 Å². The molecule has 1 aliphatic heterocycles. The van der Waals surface area contributed by atoms with Gasteiger partial charge in [0.25, 0.3) is 0 Å². The number of carbonyl (C=O) groups is 1. The first-order valence-electron chi connectivity index (χ1n) is 4.22. The Morgan fingerprint density at radius 1 is 1.67 bits per heavy atom. The monoisotopic (exact) mass is 172 g/mol. The average molecular weight is 172 g/mol. The van der Waals surface area contributed by atoms with Crippen molar-refractivity contribution in [3.05, 3.63) is 0 Å². The van der Waals surface area contributed by atoms with E-state index in [2.05, 4.69) is 0 Å². The molecule has 0 bridgehead atoms. The summed E-state index contributed by atoms with van der Waals surface area (Å²) >= 11 is 0. The van der Waals surface area contributed by atoms with Crippen molar-refractivity contribution in [2.45, 2.75) is 25.9 Å². The van der Waals surface area contributed by atoms with E-state index in [1.807, 2.05) is 13.8 Å². The van der Waals surface area contributed by atoms with E-state index in [9.17, 15) is 9.90 Å². The van der Waals surface area contributed by atoms with Crippen LogP contribution in [0.2, 0.25) is 0 Å². The number of nitrogens with two attached hydrogens (primary N) is 1. The van der Waals surface area contributed by atoms with Gasteiger partial charge < -0.3 is 15.7 Å². The van der Waals surface area contributed by atoms with Gasteiger partial charge in [-0.05, 0) is 12.3 Å². The number of β-amino-alcohol motifs (C(OH)–C–C–N with tert-alkyl or cyclic N) is 1. The van der Waals surface area contributed by atoms with Crippen molar-refractivity contribution < 1.29 is 9.90 Å². The molecular formula is C8H16N2O2. The third-order valence-corrected chi connectivity index (χ3v) is 2.67. The van der Waals surface area contributed by atoms with Crippen LogP contribution in [0.3, 0.4) is 0 Å². The Labute approximate surface area is 72.3 Å². The Hall–Kier alpha value is -0.770. The molecule has 0 aromatic carbocycles. The normalized spacial score (nSPS) is 29.8. The molecule has 1 unspecified atom stereocenters.